The van der Waals surface area contributed by atoms with Crippen molar-refractivity contribution in [3.63, 3.8) is 0 Å². The lowest BCUT2D eigenvalue weighted by atomic mass is 10.1. The lowest BCUT2D eigenvalue weighted by molar-refractivity contribution is -0.122. The first-order valence-corrected chi connectivity index (χ1v) is 5.60. The molecular formula is C12H16ClNO. The van der Waals surface area contributed by atoms with Gasteiger partial charge in [0.1, 0.15) is 0 Å². The molecule has 1 unspecified atom stereocenters. The van der Waals surface area contributed by atoms with Gasteiger partial charge in [-0.1, -0.05) is 36.7 Å². The molecule has 1 saturated heterocycles. The molecule has 1 amide bonds. The van der Waals surface area contributed by atoms with Crippen LogP contribution < -0.4 is 5.32 Å². The van der Waals surface area contributed by atoms with Gasteiger partial charge in [0.05, 0.1) is 0 Å². The number of rotatable bonds is 1. The van der Waals surface area contributed by atoms with Crippen LogP contribution in [0.1, 0.15) is 19.8 Å². The molecule has 2 rings (SSSR count). The number of nitrogens with one attached hydrogen (secondary N) is 1. The summed E-state index contributed by atoms with van der Waals surface area (Å²) in [4.78, 5) is 10.7. The van der Waals surface area contributed by atoms with Gasteiger partial charge in [-0.05, 0) is 25.0 Å². The second-order valence-corrected chi connectivity index (χ2v) is 3.92. The van der Waals surface area contributed by atoms with E-state index in [1.807, 2.05) is 30.3 Å². The largest absolute Gasteiger partial charge is 0.356 e. The second kappa shape index (κ2) is 6.46. The van der Waals surface area contributed by atoms with Gasteiger partial charge < -0.3 is 5.32 Å². The molecule has 0 radical (unpaired) electrons. The van der Waals surface area contributed by atoms with E-state index in [1.165, 1.54) is 0 Å². The predicted octanol–water partition coefficient (Wildman–Crippen LogP) is 2.87. The van der Waals surface area contributed by atoms with E-state index < -0.39 is 0 Å². The second-order valence-electron chi connectivity index (χ2n) is 3.48. The van der Waals surface area contributed by atoms with Crippen LogP contribution in [0.3, 0.4) is 0 Å². The molecule has 0 aliphatic carbocycles. The fourth-order valence-corrected chi connectivity index (χ4v) is 1.59. The number of benzene rings is 1. The van der Waals surface area contributed by atoms with Gasteiger partial charge in [0.2, 0.25) is 5.91 Å². The Kier molecular flexibility index (Phi) is 5.19. The number of hydrogen-bond acceptors (Lipinski definition) is 1. The van der Waals surface area contributed by atoms with Crippen LogP contribution in [0.2, 0.25) is 5.02 Å². The van der Waals surface area contributed by atoms with E-state index in [0.717, 1.165) is 24.4 Å². The number of hydrogen-bond donors (Lipinski definition) is 1. The van der Waals surface area contributed by atoms with Crippen LogP contribution in [-0.4, -0.2) is 12.5 Å². The Bertz CT molecular complexity index is 300. The summed E-state index contributed by atoms with van der Waals surface area (Å²) in [5.41, 5.74) is 0. The minimum absolute atomic E-state index is 0.243. The molecule has 15 heavy (non-hydrogen) atoms. The van der Waals surface area contributed by atoms with Crippen LogP contribution in [0.5, 0.6) is 0 Å². The van der Waals surface area contributed by atoms with E-state index in [0.29, 0.717) is 5.92 Å². The Hall–Kier alpha value is -1.02. The highest BCUT2D eigenvalue weighted by molar-refractivity contribution is 6.30. The van der Waals surface area contributed by atoms with Crippen LogP contribution >= 0.6 is 11.6 Å². The zero-order chi connectivity index (χ0) is 11.1. The number of carbonyl (C=O) groups is 1. The van der Waals surface area contributed by atoms with Gasteiger partial charge in [0, 0.05) is 17.5 Å². The standard InChI is InChI=1S/C6H5Cl.C6H11NO/c7-6-4-2-1-3-5-6;1-2-5-3-4-7-6(5)8/h1-5H;5H,2-4H2,1H3,(H,7,8). The molecular weight excluding hydrogens is 210 g/mol. The predicted molar refractivity (Wildman–Crippen MR) is 62.9 cm³/mol. The van der Waals surface area contributed by atoms with Gasteiger partial charge >= 0.3 is 0 Å². The zero-order valence-electron chi connectivity index (χ0n) is 8.87. The first-order valence-electron chi connectivity index (χ1n) is 5.22. The third-order valence-electron chi connectivity index (χ3n) is 2.39. The van der Waals surface area contributed by atoms with Gasteiger partial charge in [-0.3, -0.25) is 4.79 Å². The molecule has 1 N–H and O–H groups in total. The van der Waals surface area contributed by atoms with Gasteiger partial charge in [-0.15, -0.1) is 0 Å². The molecule has 1 aliphatic rings. The molecule has 82 valence electrons. The monoisotopic (exact) mass is 225 g/mol. The highest BCUT2D eigenvalue weighted by atomic mass is 35.5. The average Bonchev–Trinajstić information content (AvgIpc) is 2.66. The fourth-order valence-electron chi connectivity index (χ4n) is 1.45. The summed E-state index contributed by atoms with van der Waals surface area (Å²) in [5, 5.41) is 3.58. The molecule has 3 heteroatoms. The summed E-state index contributed by atoms with van der Waals surface area (Å²) in [6.07, 6.45) is 2.03. The normalized spacial score (nSPS) is 19.1. The van der Waals surface area contributed by atoms with Gasteiger partial charge in [-0.2, -0.15) is 0 Å². The van der Waals surface area contributed by atoms with Crippen LogP contribution in [0.15, 0.2) is 30.3 Å². The van der Waals surface area contributed by atoms with Crippen LogP contribution in [0.4, 0.5) is 0 Å². The third kappa shape index (κ3) is 4.34. The van der Waals surface area contributed by atoms with E-state index in [4.69, 9.17) is 11.6 Å². The van der Waals surface area contributed by atoms with Crippen molar-refractivity contribution in [2.24, 2.45) is 5.92 Å². The highest BCUT2D eigenvalue weighted by Gasteiger charge is 2.20. The zero-order valence-corrected chi connectivity index (χ0v) is 9.63. The van der Waals surface area contributed by atoms with Crippen LogP contribution in [0.25, 0.3) is 0 Å². The topological polar surface area (TPSA) is 29.1 Å². The Morgan fingerprint density at radius 2 is 2.07 bits per heavy atom. The van der Waals surface area contributed by atoms with E-state index in [1.54, 1.807) is 0 Å². The lowest BCUT2D eigenvalue weighted by Gasteiger charge is -1.97. The Balaban J connectivity index is 0.000000151. The maximum atomic E-state index is 10.7. The number of halogens is 1. The van der Waals surface area contributed by atoms with E-state index in [2.05, 4.69) is 12.2 Å². The smallest absolute Gasteiger partial charge is 0.223 e. The Morgan fingerprint density at radius 1 is 1.40 bits per heavy atom. The SMILES string of the molecule is CCC1CCNC1=O.Clc1ccccc1. The van der Waals surface area contributed by atoms with Crippen molar-refractivity contribution >= 4 is 17.5 Å². The molecule has 1 atom stereocenters. The maximum Gasteiger partial charge on any atom is 0.223 e. The first-order chi connectivity index (χ1) is 7.24. The van der Waals surface area contributed by atoms with E-state index in [9.17, 15) is 4.79 Å². The summed E-state index contributed by atoms with van der Waals surface area (Å²) in [7, 11) is 0. The average molecular weight is 226 g/mol. The fraction of sp³-hybridized carbons (Fsp3) is 0.417. The summed E-state index contributed by atoms with van der Waals surface area (Å²) in [6, 6.07) is 9.44. The molecule has 1 heterocycles. The van der Waals surface area contributed by atoms with Crippen LogP contribution in [-0.2, 0) is 4.79 Å². The minimum Gasteiger partial charge on any atom is -0.356 e. The molecule has 0 saturated carbocycles. The summed E-state index contributed by atoms with van der Waals surface area (Å²) >= 11 is 5.54. The summed E-state index contributed by atoms with van der Waals surface area (Å²) in [5.74, 6) is 0.558. The minimum atomic E-state index is 0.243. The summed E-state index contributed by atoms with van der Waals surface area (Å²) in [6.45, 7) is 2.94. The first kappa shape index (κ1) is 12.1. The molecule has 0 bridgehead atoms. The number of carbonyl (C=O) groups excluding carboxylic acids is 1. The van der Waals surface area contributed by atoms with Crippen molar-refractivity contribution in [1.29, 1.82) is 0 Å². The van der Waals surface area contributed by atoms with E-state index in [-0.39, 0.29) is 5.91 Å². The quantitative estimate of drug-likeness (QED) is 0.783. The molecule has 1 aromatic rings. The van der Waals surface area contributed by atoms with Crippen molar-refractivity contribution < 1.29 is 4.79 Å². The Labute approximate surface area is 95.6 Å². The third-order valence-corrected chi connectivity index (χ3v) is 2.64. The molecule has 0 aromatic heterocycles. The molecule has 1 fully saturated rings. The maximum absolute atomic E-state index is 10.7. The summed E-state index contributed by atoms with van der Waals surface area (Å²) < 4.78 is 0. The van der Waals surface area contributed by atoms with Crippen molar-refractivity contribution in [1.82, 2.24) is 5.32 Å². The van der Waals surface area contributed by atoms with Crippen molar-refractivity contribution in [3.05, 3.63) is 35.4 Å². The molecule has 2 nitrogen and oxygen atoms in total. The van der Waals surface area contributed by atoms with Gasteiger partial charge in [-0.25, -0.2) is 0 Å². The highest BCUT2D eigenvalue weighted by Crippen LogP contribution is 2.11. The van der Waals surface area contributed by atoms with Crippen molar-refractivity contribution in [2.45, 2.75) is 19.8 Å². The molecule has 0 spiro atoms. The van der Waals surface area contributed by atoms with Crippen molar-refractivity contribution in [3.8, 4) is 0 Å². The molecule has 1 aliphatic heterocycles. The molecule has 1 aromatic carbocycles. The van der Waals surface area contributed by atoms with Gasteiger partial charge in [0.15, 0.2) is 0 Å². The number of amides is 1. The van der Waals surface area contributed by atoms with E-state index >= 15 is 0 Å². The lowest BCUT2D eigenvalue weighted by Crippen LogP contribution is -2.18. The van der Waals surface area contributed by atoms with Crippen molar-refractivity contribution in [2.75, 3.05) is 6.54 Å². The van der Waals surface area contributed by atoms with Gasteiger partial charge in [0.25, 0.3) is 0 Å². The van der Waals surface area contributed by atoms with Crippen LogP contribution in [0, 0.1) is 5.92 Å². The Morgan fingerprint density at radius 3 is 2.33 bits per heavy atom.